The molecule has 0 aromatic rings. The summed E-state index contributed by atoms with van der Waals surface area (Å²) in [6, 6.07) is -0.841. The molecule has 1 heterocycles. The second-order valence-electron chi connectivity index (χ2n) is 3.07. The number of amides is 1. The molecular weight excluding hydrogens is 174 g/mol. The molecule has 1 N–H and O–H groups in total. The summed E-state index contributed by atoms with van der Waals surface area (Å²) < 4.78 is 5.16. The summed E-state index contributed by atoms with van der Waals surface area (Å²) >= 11 is 0. The lowest BCUT2D eigenvalue weighted by molar-refractivity contribution is -0.163. The number of nitrogens with zero attached hydrogens (tertiary/aromatic N) is 1. The molecule has 0 aromatic heterocycles. The molecule has 0 saturated carbocycles. The van der Waals surface area contributed by atoms with Crippen LogP contribution in [0.25, 0.3) is 0 Å². The minimum atomic E-state index is -1.01. The van der Waals surface area contributed by atoms with Crippen molar-refractivity contribution in [3.63, 3.8) is 0 Å². The Balaban J connectivity index is 2.80. The Hall–Kier alpha value is -1.10. The second kappa shape index (κ2) is 3.74. The van der Waals surface area contributed by atoms with E-state index in [0.29, 0.717) is 13.2 Å². The molecule has 74 valence electrons. The van der Waals surface area contributed by atoms with Crippen molar-refractivity contribution >= 4 is 11.9 Å². The Morgan fingerprint density at radius 1 is 1.54 bits per heavy atom. The largest absolute Gasteiger partial charge is 0.480 e. The average Bonchev–Trinajstić information content (AvgIpc) is 2.02. The number of morpholine rings is 1. The first-order chi connectivity index (χ1) is 6.04. The molecule has 2 atom stereocenters. The highest BCUT2D eigenvalue weighted by atomic mass is 16.5. The molecule has 1 fully saturated rings. The van der Waals surface area contributed by atoms with E-state index < -0.39 is 18.1 Å². The fourth-order valence-corrected chi connectivity index (χ4v) is 1.51. The van der Waals surface area contributed by atoms with Gasteiger partial charge in [0.2, 0.25) is 5.91 Å². The number of ether oxygens (including phenoxy) is 1. The van der Waals surface area contributed by atoms with Crippen molar-refractivity contribution < 1.29 is 19.4 Å². The Bertz CT molecular complexity index is 228. The zero-order valence-corrected chi connectivity index (χ0v) is 7.69. The number of rotatable bonds is 1. The van der Waals surface area contributed by atoms with Crippen LogP contribution in [0.1, 0.15) is 13.8 Å². The number of carboxylic acid groups (broad SMARTS) is 1. The highest BCUT2D eigenvalue weighted by Crippen LogP contribution is 2.14. The summed E-state index contributed by atoms with van der Waals surface area (Å²) in [5, 5.41) is 8.85. The van der Waals surface area contributed by atoms with Gasteiger partial charge in [-0.05, 0) is 6.92 Å². The third-order valence-electron chi connectivity index (χ3n) is 2.15. The molecule has 0 radical (unpaired) electrons. The number of aliphatic carboxylic acids is 1. The van der Waals surface area contributed by atoms with Crippen molar-refractivity contribution in [1.29, 1.82) is 0 Å². The maximum absolute atomic E-state index is 11.1. The maximum atomic E-state index is 11.1. The average molecular weight is 187 g/mol. The first kappa shape index (κ1) is 9.98. The summed E-state index contributed by atoms with van der Waals surface area (Å²) in [4.78, 5) is 23.2. The van der Waals surface area contributed by atoms with Gasteiger partial charge in [0.05, 0.1) is 12.7 Å². The molecule has 1 aliphatic heterocycles. The second-order valence-corrected chi connectivity index (χ2v) is 3.07. The van der Waals surface area contributed by atoms with Gasteiger partial charge in [0.1, 0.15) is 0 Å². The molecule has 5 nitrogen and oxygen atoms in total. The van der Waals surface area contributed by atoms with Gasteiger partial charge in [-0.15, -0.1) is 0 Å². The molecule has 1 rings (SSSR count). The fourth-order valence-electron chi connectivity index (χ4n) is 1.51. The van der Waals surface area contributed by atoms with Crippen molar-refractivity contribution in [2.45, 2.75) is 26.0 Å². The molecule has 1 amide bonds. The van der Waals surface area contributed by atoms with E-state index >= 15 is 0 Å². The molecule has 0 unspecified atom stereocenters. The minimum absolute atomic E-state index is 0.220. The Kier molecular flexibility index (Phi) is 2.87. The fraction of sp³-hybridized carbons (Fsp3) is 0.750. The number of carbonyl (C=O) groups excluding carboxylic acids is 1. The molecule has 0 aromatic carbocycles. The lowest BCUT2D eigenvalue weighted by Crippen LogP contribution is -2.55. The molecule has 1 aliphatic rings. The van der Waals surface area contributed by atoms with Gasteiger partial charge < -0.3 is 14.7 Å². The van der Waals surface area contributed by atoms with E-state index in [1.54, 1.807) is 6.92 Å². The van der Waals surface area contributed by atoms with E-state index in [9.17, 15) is 9.59 Å². The third kappa shape index (κ3) is 1.98. The van der Waals surface area contributed by atoms with Crippen molar-refractivity contribution in [3.8, 4) is 0 Å². The minimum Gasteiger partial charge on any atom is -0.480 e. The molecule has 13 heavy (non-hydrogen) atoms. The van der Waals surface area contributed by atoms with Crippen molar-refractivity contribution in [2.75, 3.05) is 13.2 Å². The standard InChI is InChI=1S/C8H13NO4/c1-5-7(8(11)12)9(6(2)10)3-4-13-5/h5,7H,3-4H2,1-2H3,(H,11,12)/t5-,7+/m0/s1. The van der Waals surface area contributed by atoms with Crippen LogP contribution < -0.4 is 0 Å². The van der Waals surface area contributed by atoms with Gasteiger partial charge in [-0.25, -0.2) is 4.79 Å². The summed E-state index contributed by atoms with van der Waals surface area (Å²) in [5.74, 6) is -1.23. The van der Waals surface area contributed by atoms with E-state index in [2.05, 4.69) is 0 Å². The van der Waals surface area contributed by atoms with E-state index in [1.807, 2.05) is 0 Å². The quantitative estimate of drug-likeness (QED) is 0.612. The Morgan fingerprint density at radius 3 is 2.54 bits per heavy atom. The number of carbonyl (C=O) groups is 2. The van der Waals surface area contributed by atoms with E-state index in [-0.39, 0.29) is 5.91 Å². The van der Waals surface area contributed by atoms with Gasteiger partial charge in [-0.1, -0.05) is 0 Å². The summed E-state index contributed by atoms with van der Waals surface area (Å²) in [6.45, 7) is 3.79. The van der Waals surface area contributed by atoms with Gasteiger partial charge in [0.15, 0.2) is 6.04 Å². The van der Waals surface area contributed by atoms with E-state index in [1.165, 1.54) is 11.8 Å². The normalized spacial score (nSPS) is 28.6. The summed E-state index contributed by atoms with van der Waals surface area (Å²) in [7, 11) is 0. The van der Waals surface area contributed by atoms with Gasteiger partial charge in [0.25, 0.3) is 0 Å². The van der Waals surface area contributed by atoms with Crippen LogP contribution in [0.3, 0.4) is 0 Å². The molecule has 0 aliphatic carbocycles. The molecule has 1 saturated heterocycles. The first-order valence-corrected chi connectivity index (χ1v) is 4.15. The summed E-state index contributed by atoms with van der Waals surface area (Å²) in [6.07, 6.45) is -0.435. The number of carboxylic acids is 1. The van der Waals surface area contributed by atoms with Crippen LogP contribution in [0, 0.1) is 0 Å². The van der Waals surface area contributed by atoms with Crippen LogP contribution in [0.15, 0.2) is 0 Å². The van der Waals surface area contributed by atoms with Gasteiger partial charge >= 0.3 is 5.97 Å². The monoisotopic (exact) mass is 187 g/mol. The van der Waals surface area contributed by atoms with Crippen molar-refractivity contribution in [2.24, 2.45) is 0 Å². The zero-order chi connectivity index (χ0) is 10.0. The van der Waals surface area contributed by atoms with E-state index in [4.69, 9.17) is 9.84 Å². The Morgan fingerprint density at radius 2 is 2.15 bits per heavy atom. The maximum Gasteiger partial charge on any atom is 0.329 e. The summed E-state index contributed by atoms with van der Waals surface area (Å²) in [5.41, 5.74) is 0. The van der Waals surface area contributed by atoms with Gasteiger partial charge in [-0.3, -0.25) is 4.79 Å². The van der Waals surface area contributed by atoms with Crippen LogP contribution in [0.5, 0.6) is 0 Å². The highest BCUT2D eigenvalue weighted by molar-refractivity contribution is 5.83. The number of hydrogen-bond donors (Lipinski definition) is 1. The Labute approximate surface area is 76.3 Å². The van der Waals surface area contributed by atoms with Gasteiger partial charge in [0, 0.05) is 13.5 Å². The van der Waals surface area contributed by atoms with Crippen LogP contribution in [0.4, 0.5) is 0 Å². The van der Waals surface area contributed by atoms with Crippen molar-refractivity contribution in [1.82, 2.24) is 4.90 Å². The molecular formula is C8H13NO4. The topological polar surface area (TPSA) is 66.8 Å². The highest BCUT2D eigenvalue weighted by Gasteiger charge is 2.36. The number of hydrogen-bond acceptors (Lipinski definition) is 3. The van der Waals surface area contributed by atoms with Crippen LogP contribution in [-0.4, -0.2) is 47.2 Å². The van der Waals surface area contributed by atoms with Crippen LogP contribution in [-0.2, 0) is 14.3 Å². The first-order valence-electron chi connectivity index (χ1n) is 4.15. The van der Waals surface area contributed by atoms with Gasteiger partial charge in [-0.2, -0.15) is 0 Å². The SMILES string of the molecule is CC(=O)N1CCO[C@@H](C)[C@@H]1C(=O)O. The zero-order valence-electron chi connectivity index (χ0n) is 7.69. The third-order valence-corrected chi connectivity index (χ3v) is 2.15. The van der Waals surface area contributed by atoms with Crippen molar-refractivity contribution in [3.05, 3.63) is 0 Å². The molecule has 5 heteroatoms. The predicted molar refractivity (Wildman–Crippen MR) is 44.2 cm³/mol. The lowest BCUT2D eigenvalue weighted by Gasteiger charge is -2.36. The van der Waals surface area contributed by atoms with E-state index in [0.717, 1.165) is 0 Å². The molecule has 0 bridgehead atoms. The van der Waals surface area contributed by atoms with Crippen LogP contribution >= 0.6 is 0 Å². The smallest absolute Gasteiger partial charge is 0.329 e. The molecule has 0 spiro atoms. The predicted octanol–water partition coefficient (Wildman–Crippen LogP) is -0.293. The lowest BCUT2D eigenvalue weighted by atomic mass is 10.1. The van der Waals surface area contributed by atoms with Crippen LogP contribution in [0.2, 0.25) is 0 Å².